The molecule has 4 nitrogen and oxygen atoms in total. The summed E-state index contributed by atoms with van der Waals surface area (Å²) >= 11 is 5.92. The highest BCUT2D eigenvalue weighted by Crippen LogP contribution is 2.16. The molecule has 2 aromatic carbocycles. The number of rotatable bonds is 7. The van der Waals surface area contributed by atoms with Crippen LogP contribution in [-0.2, 0) is 6.54 Å². The van der Waals surface area contributed by atoms with Crippen LogP contribution in [-0.4, -0.2) is 60.3 Å². The van der Waals surface area contributed by atoms with Gasteiger partial charge in [0.05, 0.1) is 0 Å². The van der Waals surface area contributed by atoms with Gasteiger partial charge in [-0.05, 0) is 29.8 Å². The lowest BCUT2D eigenvalue weighted by atomic mass is 10.2. The Morgan fingerprint density at radius 3 is 2.35 bits per heavy atom. The van der Waals surface area contributed by atoms with Crippen LogP contribution in [0.25, 0.3) is 0 Å². The Balaban J connectivity index is 1.38. The third kappa shape index (κ3) is 5.68. The fourth-order valence-electron chi connectivity index (χ4n) is 3.08. The number of aliphatic hydroxyl groups is 1. The largest absolute Gasteiger partial charge is 0.488 e. The second kappa shape index (κ2) is 9.33. The lowest BCUT2D eigenvalue weighted by Crippen LogP contribution is -2.48. The van der Waals surface area contributed by atoms with Gasteiger partial charge in [0.2, 0.25) is 0 Å². The molecule has 0 spiro atoms. The molecule has 140 valence electrons. The summed E-state index contributed by atoms with van der Waals surface area (Å²) in [5.74, 6) is -0.227. The normalized spacial score (nSPS) is 17.2. The summed E-state index contributed by atoms with van der Waals surface area (Å²) in [6.45, 7) is 5.21. The molecule has 26 heavy (non-hydrogen) atoms. The van der Waals surface area contributed by atoms with Crippen LogP contribution in [0.2, 0.25) is 5.02 Å². The van der Waals surface area contributed by atoms with Crippen LogP contribution in [0, 0.1) is 5.82 Å². The van der Waals surface area contributed by atoms with Gasteiger partial charge in [0.1, 0.15) is 12.7 Å². The lowest BCUT2D eigenvalue weighted by molar-refractivity contribution is 0.0437. The van der Waals surface area contributed by atoms with Gasteiger partial charge in [-0.3, -0.25) is 9.80 Å². The quantitative estimate of drug-likeness (QED) is 0.803. The van der Waals surface area contributed by atoms with Crippen molar-refractivity contribution in [3.05, 3.63) is 64.9 Å². The Hall–Kier alpha value is -1.66. The van der Waals surface area contributed by atoms with Crippen molar-refractivity contribution in [3.8, 4) is 5.75 Å². The molecular weight excluding hydrogens is 355 g/mol. The average molecular weight is 379 g/mol. The maximum atomic E-state index is 13.5. The third-order valence-corrected chi connectivity index (χ3v) is 4.77. The smallest absolute Gasteiger partial charge is 0.165 e. The number of nitrogens with zero attached hydrogens (tertiary/aromatic N) is 2. The number of β-amino-alcohol motifs (C(OH)–C–C–N with tert-alkyl or cyclic N) is 1. The van der Waals surface area contributed by atoms with Gasteiger partial charge < -0.3 is 9.84 Å². The molecule has 1 atom stereocenters. The number of aliphatic hydroxyl groups excluding tert-OH is 1. The van der Waals surface area contributed by atoms with Crippen LogP contribution in [0.5, 0.6) is 5.75 Å². The van der Waals surface area contributed by atoms with Gasteiger partial charge in [-0.25, -0.2) is 4.39 Å². The van der Waals surface area contributed by atoms with Crippen molar-refractivity contribution >= 4 is 11.6 Å². The van der Waals surface area contributed by atoms with Crippen molar-refractivity contribution in [2.24, 2.45) is 0 Å². The van der Waals surface area contributed by atoms with Gasteiger partial charge in [0.15, 0.2) is 11.6 Å². The van der Waals surface area contributed by atoms with Crippen molar-refractivity contribution in [3.63, 3.8) is 0 Å². The molecule has 1 N–H and O–H groups in total. The highest BCUT2D eigenvalue weighted by molar-refractivity contribution is 6.30. The standard InChI is InChI=1S/C20H24ClFN2O2/c21-17-7-5-16(6-8-17)13-23-9-11-24(12-10-23)14-18(25)15-26-20-4-2-1-3-19(20)22/h1-8,18,25H,9-15H2/t18-/m1/s1. The molecule has 6 heteroatoms. The molecule has 0 aliphatic carbocycles. The van der Waals surface area contributed by atoms with Crippen LogP contribution in [0.1, 0.15) is 5.56 Å². The van der Waals surface area contributed by atoms with E-state index in [1.54, 1.807) is 18.2 Å². The minimum absolute atomic E-state index is 0.0892. The number of para-hydroxylation sites is 1. The van der Waals surface area contributed by atoms with Crippen molar-refractivity contribution in [1.29, 1.82) is 0 Å². The lowest BCUT2D eigenvalue weighted by Gasteiger charge is -2.35. The predicted octanol–water partition coefficient (Wildman–Crippen LogP) is 3.04. The monoisotopic (exact) mass is 378 g/mol. The molecule has 1 heterocycles. The Morgan fingerprint density at radius 2 is 1.65 bits per heavy atom. The molecule has 2 aromatic rings. The summed E-state index contributed by atoms with van der Waals surface area (Å²) in [5.41, 5.74) is 1.25. The maximum absolute atomic E-state index is 13.5. The molecule has 1 aliphatic heterocycles. The molecule has 1 saturated heterocycles. The minimum Gasteiger partial charge on any atom is -0.488 e. The Labute approximate surface area is 158 Å². The van der Waals surface area contributed by atoms with Crippen LogP contribution in [0.3, 0.4) is 0 Å². The van der Waals surface area contributed by atoms with Crippen molar-refractivity contribution in [1.82, 2.24) is 9.80 Å². The third-order valence-electron chi connectivity index (χ3n) is 4.52. The Morgan fingerprint density at radius 1 is 1.00 bits per heavy atom. The Bertz CT molecular complexity index is 690. The topological polar surface area (TPSA) is 35.9 Å². The molecule has 3 rings (SSSR count). The summed E-state index contributed by atoms with van der Waals surface area (Å²) in [7, 11) is 0. The van der Waals surface area contributed by atoms with Gasteiger partial charge in [-0.15, -0.1) is 0 Å². The first kappa shape index (κ1) is 19.1. The van der Waals surface area contributed by atoms with Gasteiger partial charge >= 0.3 is 0 Å². The van der Waals surface area contributed by atoms with Crippen molar-refractivity contribution in [2.45, 2.75) is 12.6 Å². The minimum atomic E-state index is -0.641. The second-order valence-electron chi connectivity index (χ2n) is 6.60. The maximum Gasteiger partial charge on any atom is 0.165 e. The average Bonchev–Trinajstić information content (AvgIpc) is 2.64. The summed E-state index contributed by atoms with van der Waals surface area (Å²) in [4.78, 5) is 4.61. The molecular formula is C20H24ClFN2O2. The highest BCUT2D eigenvalue weighted by Gasteiger charge is 2.19. The van der Waals surface area contributed by atoms with Crippen LogP contribution >= 0.6 is 11.6 Å². The van der Waals surface area contributed by atoms with E-state index < -0.39 is 11.9 Å². The number of hydrogen-bond acceptors (Lipinski definition) is 4. The first-order valence-corrected chi connectivity index (χ1v) is 9.22. The number of benzene rings is 2. The Kier molecular flexibility index (Phi) is 6.86. The van der Waals surface area contributed by atoms with E-state index in [4.69, 9.17) is 16.3 Å². The molecule has 0 aromatic heterocycles. The zero-order valence-corrected chi connectivity index (χ0v) is 15.4. The fourth-order valence-corrected chi connectivity index (χ4v) is 3.20. The first-order valence-electron chi connectivity index (χ1n) is 8.85. The summed E-state index contributed by atoms with van der Waals surface area (Å²) in [5, 5.41) is 10.9. The van der Waals surface area contributed by atoms with Gasteiger partial charge in [0, 0.05) is 44.3 Å². The van der Waals surface area contributed by atoms with E-state index in [0.717, 1.165) is 37.7 Å². The van der Waals surface area contributed by atoms with E-state index >= 15 is 0 Å². The predicted molar refractivity (Wildman–Crippen MR) is 101 cm³/mol. The van der Waals surface area contributed by atoms with Gasteiger partial charge in [0.25, 0.3) is 0 Å². The zero-order chi connectivity index (χ0) is 18.4. The molecule has 0 saturated carbocycles. The molecule has 1 fully saturated rings. The van der Waals surface area contributed by atoms with Crippen LogP contribution in [0.4, 0.5) is 4.39 Å². The summed E-state index contributed by atoms with van der Waals surface area (Å²) < 4.78 is 18.9. The van der Waals surface area contributed by atoms with E-state index in [1.165, 1.54) is 11.6 Å². The number of piperazine rings is 1. The first-order chi connectivity index (χ1) is 12.6. The van der Waals surface area contributed by atoms with Crippen molar-refractivity contribution < 1.29 is 14.2 Å². The zero-order valence-electron chi connectivity index (χ0n) is 14.7. The number of halogens is 2. The number of hydrogen-bond donors (Lipinski definition) is 1. The van der Waals surface area contributed by atoms with Crippen molar-refractivity contribution in [2.75, 3.05) is 39.3 Å². The highest BCUT2D eigenvalue weighted by atomic mass is 35.5. The van der Waals surface area contributed by atoms with Crippen LogP contribution in [0.15, 0.2) is 48.5 Å². The summed E-state index contributed by atoms with van der Waals surface area (Å²) in [6, 6.07) is 14.2. The fraction of sp³-hybridized carbons (Fsp3) is 0.400. The van der Waals surface area contributed by atoms with Gasteiger partial charge in [-0.1, -0.05) is 35.9 Å². The number of ether oxygens (including phenoxy) is 1. The van der Waals surface area contributed by atoms with E-state index in [-0.39, 0.29) is 12.4 Å². The molecule has 0 bridgehead atoms. The van der Waals surface area contributed by atoms with E-state index in [2.05, 4.69) is 21.9 Å². The molecule has 0 amide bonds. The molecule has 0 radical (unpaired) electrons. The van der Waals surface area contributed by atoms with E-state index in [1.807, 2.05) is 12.1 Å². The molecule has 1 aliphatic rings. The summed E-state index contributed by atoms with van der Waals surface area (Å²) in [6.07, 6.45) is -0.641. The van der Waals surface area contributed by atoms with Gasteiger partial charge in [-0.2, -0.15) is 0 Å². The second-order valence-corrected chi connectivity index (χ2v) is 7.03. The SMILES string of the molecule is O[C@@H](COc1ccccc1F)CN1CCN(Cc2ccc(Cl)cc2)CC1. The van der Waals surface area contributed by atoms with E-state index in [9.17, 15) is 9.50 Å². The molecule has 0 unspecified atom stereocenters. The van der Waals surface area contributed by atoms with Crippen LogP contribution < -0.4 is 4.74 Å². The van der Waals surface area contributed by atoms with E-state index in [0.29, 0.717) is 6.54 Å².